The predicted octanol–water partition coefficient (Wildman–Crippen LogP) is 4.40. The second kappa shape index (κ2) is 10.9. The van der Waals surface area contributed by atoms with Gasteiger partial charge >= 0.3 is 5.97 Å². The van der Waals surface area contributed by atoms with Gasteiger partial charge in [-0.2, -0.15) is 9.78 Å². The Morgan fingerprint density at radius 1 is 1.17 bits per heavy atom. The van der Waals surface area contributed by atoms with Crippen molar-refractivity contribution >= 4 is 23.5 Å². The minimum atomic E-state index is -1.13. The maximum atomic E-state index is 14.5. The number of nitrogens with zero attached hydrogens (tertiary/aromatic N) is 2. The molecule has 0 unspecified atom stereocenters. The van der Waals surface area contributed by atoms with Gasteiger partial charge in [0, 0.05) is 11.1 Å². The summed E-state index contributed by atoms with van der Waals surface area (Å²) in [5.74, 6) is -2.39. The van der Waals surface area contributed by atoms with Crippen molar-refractivity contribution in [1.82, 2.24) is 15.1 Å². The highest BCUT2D eigenvalue weighted by atomic mass is 35.5. The van der Waals surface area contributed by atoms with Crippen molar-refractivity contribution in [3.8, 4) is 11.6 Å². The standard InChI is InChI=1S/C25H27ClFN3O5/c1-25(2,3)21(31)14-35-22-12-19(29-30(22)20-11-7-6-10-17(20)27)24(34)28-18(13-23(32)33)15-8-4-5-9-16(15)26/h4-12,18,21,31H,13-14H2,1-3H3,(H,28,34)(H,32,33)/t18-,21+/m0/s1. The minimum Gasteiger partial charge on any atom is -0.481 e. The molecule has 0 saturated carbocycles. The molecule has 1 heterocycles. The topological polar surface area (TPSA) is 114 Å². The Kier molecular flexibility index (Phi) is 8.14. The fourth-order valence-corrected chi connectivity index (χ4v) is 3.46. The van der Waals surface area contributed by atoms with Gasteiger partial charge in [0.05, 0.1) is 18.6 Å². The number of aromatic nitrogens is 2. The molecule has 3 N–H and O–H groups in total. The Balaban J connectivity index is 1.94. The SMILES string of the molecule is CC(C)(C)[C@H](O)COc1cc(C(=O)N[C@@H](CC(=O)O)c2ccccc2Cl)nn1-c1ccccc1F. The number of aliphatic hydroxyl groups excluding tert-OH is 1. The maximum absolute atomic E-state index is 14.5. The van der Waals surface area contributed by atoms with Crippen LogP contribution in [0, 0.1) is 11.2 Å². The van der Waals surface area contributed by atoms with Crippen LogP contribution in [0.2, 0.25) is 5.02 Å². The highest BCUT2D eigenvalue weighted by Gasteiger charge is 2.26. The normalized spacial score (nSPS) is 13.2. The summed E-state index contributed by atoms with van der Waals surface area (Å²) in [5.41, 5.74) is -0.124. The van der Waals surface area contributed by atoms with E-state index < -0.39 is 41.7 Å². The lowest BCUT2D eigenvalue weighted by atomic mass is 9.90. The lowest BCUT2D eigenvalue weighted by Crippen LogP contribution is -2.32. The summed E-state index contributed by atoms with van der Waals surface area (Å²) < 4.78 is 21.4. The number of halogens is 2. The van der Waals surface area contributed by atoms with E-state index in [1.165, 1.54) is 24.3 Å². The first kappa shape index (κ1) is 26.2. The smallest absolute Gasteiger partial charge is 0.305 e. The third kappa shape index (κ3) is 6.58. The molecule has 3 aromatic rings. The van der Waals surface area contributed by atoms with Crippen LogP contribution in [0.15, 0.2) is 54.6 Å². The largest absolute Gasteiger partial charge is 0.481 e. The van der Waals surface area contributed by atoms with E-state index in [2.05, 4.69) is 10.4 Å². The van der Waals surface area contributed by atoms with Crippen LogP contribution in [0.1, 0.15) is 49.3 Å². The number of para-hydroxylation sites is 1. The molecule has 0 aliphatic carbocycles. The summed E-state index contributed by atoms with van der Waals surface area (Å²) in [7, 11) is 0. The van der Waals surface area contributed by atoms with E-state index in [1.807, 2.05) is 20.8 Å². The van der Waals surface area contributed by atoms with E-state index in [0.717, 1.165) is 4.68 Å². The third-order valence-corrected chi connectivity index (χ3v) is 5.69. The van der Waals surface area contributed by atoms with Gasteiger partial charge < -0.3 is 20.3 Å². The fraction of sp³-hybridized carbons (Fsp3) is 0.320. The summed E-state index contributed by atoms with van der Waals surface area (Å²) in [4.78, 5) is 24.5. The van der Waals surface area contributed by atoms with Gasteiger partial charge in [0.1, 0.15) is 18.1 Å². The second-order valence-electron chi connectivity index (χ2n) is 9.07. The number of aliphatic carboxylic acids is 1. The van der Waals surface area contributed by atoms with Gasteiger partial charge in [-0.1, -0.05) is 62.7 Å². The number of rotatable bonds is 9. The monoisotopic (exact) mass is 503 g/mol. The van der Waals surface area contributed by atoms with Crippen molar-refractivity contribution in [3.05, 3.63) is 76.7 Å². The molecule has 1 amide bonds. The fourth-order valence-electron chi connectivity index (χ4n) is 3.19. The van der Waals surface area contributed by atoms with Crippen molar-refractivity contribution < 1.29 is 28.9 Å². The number of benzene rings is 2. The molecule has 8 nitrogen and oxygen atoms in total. The van der Waals surface area contributed by atoms with Crippen LogP contribution in [0.5, 0.6) is 5.88 Å². The average molecular weight is 504 g/mol. The molecule has 186 valence electrons. The van der Waals surface area contributed by atoms with Crippen LogP contribution < -0.4 is 10.1 Å². The van der Waals surface area contributed by atoms with Crippen LogP contribution >= 0.6 is 11.6 Å². The predicted molar refractivity (Wildman–Crippen MR) is 128 cm³/mol. The average Bonchev–Trinajstić information content (AvgIpc) is 3.21. The molecule has 35 heavy (non-hydrogen) atoms. The summed E-state index contributed by atoms with van der Waals surface area (Å²) >= 11 is 6.22. The van der Waals surface area contributed by atoms with Crippen molar-refractivity contribution in [2.24, 2.45) is 5.41 Å². The Morgan fingerprint density at radius 2 is 1.83 bits per heavy atom. The van der Waals surface area contributed by atoms with E-state index in [4.69, 9.17) is 16.3 Å². The Labute approximate surface area is 207 Å². The van der Waals surface area contributed by atoms with Crippen LogP contribution in [-0.2, 0) is 4.79 Å². The summed E-state index contributed by atoms with van der Waals surface area (Å²) in [6.07, 6.45) is -1.26. The van der Waals surface area contributed by atoms with Gasteiger partial charge in [-0.25, -0.2) is 4.39 Å². The van der Waals surface area contributed by atoms with Gasteiger partial charge in [-0.15, -0.1) is 0 Å². The number of carbonyl (C=O) groups is 2. The number of carbonyl (C=O) groups excluding carboxylic acids is 1. The number of hydrogen-bond donors (Lipinski definition) is 3. The quantitative estimate of drug-likeness (QED) is 0.399. The second-order valence-corrected chi connectivity index (χ2v) is 9.48. The molecule has 3 rings (SSSR count). The third-order valence-electron chi connectivity index (χ3n) is 5.34. The molecule has 1 aromatic heterocycles. The van der Waals surface area contributed by atoms with Crippen molar-refractivity contribution in [1.29, 1.82) is 0 Å². The molecule has 0 spiro atoms. The highest BCUT2D eigenvalue weighted by molar-refractivity contribution is 6.31. The number of carboxylic acids is 1. The molecule has 0 saturated heterocycles. The van der Waals surface area contributed by atoms with Crippen LogP contribution in [0.3, 0.4) is 0 Å². The number of ether oxygens (including phenoxy) is 1. The molecule has 0 radical (unpaired) electrons. The zero-order valence-corrected chi connectivity index (χ0v) is 20.3. The van der Waals surface area contributed by atoms with E-state index in [1.54, 1.807) is 30.3 Å². The zero-order valence-electron chi connectivity index (χ0n) is 19.5. The van der Waals surface area contributed by atoms with Crippen LogP contribution in [-0.4, -0.2) is 44.6 Å². The van der Waals surface area contributed by atoms with Crippen molar-refractivity contribution in [3.63, 3.8) is 0 Å². The van der Waals surface area contributed by atoms with Gasteiger partial charge in [-0.05, 0) is 29.2 Å². The lowest BCUT2D eigenvalue weighted by molar-refractivity contribution is -0.137. The summed E-state index contributed by atoms with van der Waals surface area (Å²) in [5, 5.41) is 26.8. The molecular formula is C25H27ClFN3O5. The van der Waals surface area contributed by atoms with E-state index >= 15 is 0 Å². The lowest BCUT2D eigenvalue weighted by Gasteiger charge is -2.25. The molecule has 0 aliphatic heterocycles. The van der Waals surface area contributed by atoms with E-state index in [-0.39, 0.29) is 23.9 Å². The Hall–Kier alpha value is -3.43. The first-order valence-electron chi connectivity index (χ1n) is 10.9. The summed E-state index contributed by atoms with van der Waals surface area (Å²) in [6, 6.07) is 12.8. The number of carboxylic acid groups (broad SMARTS) is 1. The van der Waals surface area contributed by atoms with Crippen molar-refractivity contribution in [2.75, 3.05) is 6.61 Å². The van der Waals surface area contributed by atoms with Gasteiger partial charge in [0.2, 0.25) is 5.88 Å². The molecular weight excluding hydrogens is 477 g/mol. The summed E-state index contributed by atoms with van der Waals surface area (Å²) in [6.45, 7) is 5.40. The van der Waals surface area contributed by atoms with Crippen LogP contribution in [0.25, 0.3) is 5.69 Å². The van der Waals surface area contributed by atoms with E-state index in [9.17, 15) is 24.2 Å². The van der Waals surface area contributed by atoms with E-state index in [0.29, 0.717) is 10.6 Å². The number of aliphatic hydroxyl groups is 1. The van der Waals surface area contributed by atoms with Crippen LogP contribution in [0.4, 0.5) is 4.39 Å². The molecule has 2 atom stereocenters. The van der Waals surface area contributed by atoms with Crippen molar-refractivity contribution in [2.45, 2.75) is 39.3 Å². The molecule has 10 heteroatoms. The Morgan fingerprint density at radius 3 is 2.46 bits per heavy atom. The van der Waals surface area contributed by atoms with Gasteiger partial charge in [-0.3, -0.25) is 9.59 Å². The maximum Gasteiger partial charge on any atom is 0.305 e. The number of hydrogen-bond acceptors (Lipinski definition) is 5. The molecule has 2 aromatic carbocycles. The number of amides is 1. The highest BCUT2D eigenvalue weighted by Crippen LogP contribution is 2.27. The number of nitrogens with one attached hydrogen (secondary N) is 1. The minimum absolute atomic E-state index is 0.0380. The first-order chi connectivity index (χ1) is 16.5. The molecule has 0 bridgehead atoms. The zero-order chi connectivity index (χ0) is 25.8. The van der Waals surface area contributed by atoms with Gasteiger partial charge in [0.15, 0.2) is 5.69 Å². The Bertz CT molecular complexity index is 1210. The first-order valence-corrected chi connectivity index (χ1v) is 11.3. The molecule has 0 aliphatic rings. The molecule has 0 fully saturated rings. The van der Waals surface area contributed by atoms with Gasteiger partial charge in [0.25, 0.3) is 5.91 Å².